The zero-order valence-corrected chi connectivity index (χ0v) is 53.4. The topological polar surface area (TPSA) is 147 Å². The van der Waals surface area contributed by atoms with E-state index in [1.165, 1.54) is 103 Å². The number of rotatable bonds is 10. The number of thiophene rings is 4. The molecule has 0 bridgehead atoms. The highest BCUT2D eigenvalue weighted by Crippen LogP contribution is 2.67. The molecule has 90 heavy (non-hydrogen) atoms. The normalized spacial score (nSPS) is 13.0. The third-order valence-electron chi connectivity index (χ3n) is 17.8. The molecule has 14 aromatic rings. The molecule has 14 heteroatoms. The van der Waals surface area contributed by atoms with Gasteiger partial charge < -0.3 is 0 Å². The Labute approximate surface area is 543 Å². The SMILES string of the molecule is Cc1ccc(C2(c3ccc(C)cc3)c3cc4c(cc3-c3sc(-c5ccc(-c6ccc(C=C(C#N)C#N)c7nsnc67)s5)cc32)C(c2ccc(C)cc2)(c2ccc(C)cc2)c2c-4sc3cc(-c4ccc(-c5ccc(C=C(C#N)C#N)c6nsnc56)s4)ccc23)cc1. The molecule has 0 spiro atoms. The molecule has 0 N–H and O–H groups in total. The molecule has 424 valence electrons. The summed E-state index contributed by atoms with van der Waals surface area (Å²) in [4.78, 5) is 8.09. The molecule has 8 aromatic carbocycles. The van der Waals surface area contributed by atoms with Gasteiger partial charge in [-0.15, -0.1) is 45.3 Å². The third-order valence-corrected chi connectivity index (χ3v) is 23.7. The van der Waals surface area contributed by atoms with E-state index in [0.29, 0.717) is 22.2 Å². The van der Waals surface area contributed by atoms with Crippen LogP contribution in [0.1, 0.15) is 77.9 Å². The van der Waals surface area contributed by atoms with E-state index in [9.17, 15) is 21.0 Å². The maximum atomic E-state index is 9.59. The minimum absolute atomic E-state index is 0.0170. The Morgan fingerprint density at radius 1 is 0.367 bits per heavy atom. The highest BCUT2D eigenvalue weighted by atomic mass is 32.1. The van der Waals surface area contributed by atoms with E-state index in [1.54, 1.807) is 34.8 Å². The van der Waals surface area contributed by atoms with Gasteiger partial charge in [0.2, 0.25) is 0 Å². The lowest BCUT2D eigenvalue weighted by Crippen LogP contribution is -2.30. The average Bonchev–Trinajstić information content (AvgIpc) is 1.50. The first kappa shape index (κ1) is 55.2. The van der Waals surface area contributed by atoms with E-state index in [0.717, 1.165) is 70.7 Å². The molecule has 6 aromatic heterocycles. The number of hydrogen-bond donors (Lipinski definition) is 0. The van der Waals surface area contributed by atoms with Gasteiger partial charge in [-0.1, -0.05) is 156 Å². The quantitative estimate of drug-likeness (QED) is 0.123. The van der Waals surface area contributed by atoms with Crippen LogP contribution in [0, 0.1) is 73.0 Å². The molecule has 8 nitrogen and oxygen atoms in total. The Hall–Kier alpha value is -10.1. The minimum atomic E-state index is -0.708. The Balaban J connectivity index is 0.912. The van der Waals surface area contributed by atoms with Gasteiger partial charge in [0.25, 0.3) is 0 Å². The molecule has 2 aliphatic carbocycles. The van der Waals surface area contributed by atoms with Crippen molar-refractivity contribution >= 4 is 113 Å². The van der Waals surface area contributed by atoms with E-state index < -0.39 is 10.8 Å². The monoisotopic (exact) mass is 1260 g/mol. The minimum Gasteiger partial charge on any atom is -0.192 e. The zero-order chi connectivity index (χ0) is 61.2. The lowest BCUT2D eigenvalue weighted by molar-refractivity contribution is 0.762. The van der Waals surface area contributed by atoms with E-state index in [-0.39, 0.29) is 11.1 Å². The van der Waals surface area contributed by atoms with Crippen LogP contribution in [0.15, 0.2) is 193 Å². The first-order valence-corrected chi connectivity index (χ1v) is 33.7. The molecule has 0 amide bonds. The molecule has 0 fully saturated rings. The molecular weight excluding hydrogens is 1220 g/mol. The average molecular weight is 1260 g/mol. The summed E-state index contributed by atoms with van der Waals surface area (Å²) in [7, 11) is 0. The van der Waals surface area contributed by atoms with Crippen molar-refractivity contribution in [2.24, 2.45) is 0 Å². The van der Waals surface area contributed by atoms with Crippen LogP contribution >= 0.6 is 68.8 Å². The molecule has 0 saturated heterocycles. The molecule has 2 aliphatic rings. The molecule has 0 radical (unpaired) electrons. The van der Waals surface area contributed by atoms with Gasteiger partial charge in [-0.3, -0.25) is 0 Å². The zero-order valence-electron chi connectivity index (χ0n) is 48.5. The Morgan fingerprint density at radius 2 is 0.800 bits per heavy atom. The maximum Gasteiger partial charge on any atom is 0.130 e. The van der Waals surface area contributed by atoms with Crippen molar-refractivity contribution < 1.29 is 0 Å². The number of benzene rings is 8. The summed E-state index contributed by atoms with van der Waals surface area (Å²) in [6.07, 6.45) is 3.16. The van der Waals surface area contributed by atoms with Crippen LogP contribution in [0.2, 0.25) is 0 Å². The van der Waals surface area contributed by atoms with Gasteiger partial charge in [0.05, 0.1) is 34.3 Å². The van der Waals surface area contributed by atoms with Gasteiger partial charge in [-0.2, -0.15) is 38.5 Å². The first-order chi connectivity index (χ1) is 44.0. The second-order valence-electron chi connectivity index (χ2n) is 23.0. The van der Waals surface area contributed by atoms with Crippen molar-refractivity contribution in [2.75, 3.05) is 0 Å². The van der Waals surface area contributed by atoms with Crippen molar-refractivity contribution in [2.45, 2.75) is 38.5 Å². The molecule has 0 atom stereocenters. The molecule has 6 heterocycles. The fraction of sp³-hybridized carbons (Fsp3) is 0.0789. The van der Waals surface area contributed by atoms with Crippen LogP contribution in [-0.4, -0.2) is 17.5 Å². The number of hydrogen-bond acceptors (Lipinski definition) is 14. The van der Waals surface area contributed by atoms with Crippen LogP contribution in [-0.2, 0) is 10.8 Å². The van der Waals surface area contributed by atoms with Crippen LogP contribution in [0.4, 0.5) is 0 Å². The largest absolute Gasteiger partial charge is 0.192 e. The van der Waals surface area contributed by atoms with Gasteiger partial charge in [0.15, 0.2) is 0 Å². The second-order valence-corrected chi connectivity index (χ2v) is 28.3. The number of allylic oxidation sites excluding steroid dienone is 2. The number of fused-ring (bicyclic) bond motifs is 10. The fourth-order valence-electron chi connectivity index (χ4n) is 13.6. The smallest absolute Gasteiger partial charge is 0.130 e. The maximum absolute atomic E-state index is 9.59. The second kappa shape index (κ2) is 21.3. The number of aromatic nitrogens is 4. The summed E-state index contributed by atoms with van der Waals surface area (Å²) in [5, 5.41) is 39.5. The van der Waals surface area contributed by atoms with Crippen LogP contribution in [0.25, 0.3) is 106 Å². The van der Waals surface area contributed by atoms with Gasteiger partial charge in [0.1, 0.15) is 57.5 Å². The first-order valence-electron chi connectivity index (χ1n) is 29.0. The Bertz CT molecular complexity index is 5460. The van der Waals surface area contributed by atoms with Gasteiger partial charge in [-0.25, -0.2) is 0 Å². The van der Waals surface area contributed by atoms with E-state index in [2.05, 4.69) is 194 Å². The summed E-state index contributed by atoms with van der Waals surface area (Å²) in [6, 6.07) is 76.3. The van der Waals surface area contributed by atoms with Crippen molar-refractivity contribution in [1.82, 2.24) is 17.5 Å². The van der Waals surface area contributed by atoms with Gasteiger partial charge in [-0.05, 0) is 155 Å². The van der Waals surface area contributed by atoms with Crippen LogP contribution in [0.3, 0.4) is 0 Å². The van der Waals surface area contributed by atoms with E-state index in [4.69, 9.17) is 8.75 Å². The summed E-state index contributed by atoms with van der Waals surface area (Å²) in [5.41, 5.74) is 23.1. The molecule has 16 rings (SSSR count). The fourth-order valence-corrected chi connectivity index (χ4v) is 19.5. The highest BCUT2D eigenvalue weighted by Gasteiger charge is 2.53. The van der Waals surface area contributed by atoms with Crippen molar-refractivity contribution in [3.05, 3.63) is 271 Å². The van der Waals surface area contributed by atoms with Crippen LogP contribution in [0.5, 0.6) is 0 Å². The predicted octanol–water partition coefficient (Wildman–Crippen LogP) is 20.6. The molecule has 0 saturated carbocycles. The Kier molecular flexibility index (Phi) is 13.1. The summed E-state index contributed by atoms with van der Waals surface area (Å²) < 4.78 is 19.9. The lowest BCUT2D eigenvalue weighted by Gasteiger charge is -2.36. The number of nitriles is 4. The van der Waals surface area contributed by atoms with Gasteiger partial charge in [0, 0.05) is 61.1 Å². The van der Waals surface area contributed by atoms with Crippen molar-refractivity contribution in [3.8, 4) is 86.2 Å². The van der Waals surface area contributed by atoms with E-state index >= 15 is 0 Å². The van der Waals surface area contributed by atoms with E-state index in [1.807, 2.05) is 71.2 Å². The highest BCUT2D eigenvalue weighted by molar-refractivity contribution is 7.25. The van der Waals surface area contributed by atoms with Crippen LogP contribution < -0.4 is 0 Å². The van der Waals surface area contributed by atoms with Gasteiger partial charge >= 0.3 is 0 Å². The Morgan fingerprint density at radius 3 is 1.30 bits per heavy atom. The number of aryl methyl sites for hydroxylation is 4. The molecule has 0 unspecified atom stereocenters. The van der Waals surface area contributed by atoms with Crippen molar-refractivity contribution in [3.63, 3.8) is 0 Å². The standard InChI is InChI=1S/C76H44N8S6/c1-41-5-16-50(17-6-41)75(51-18-7-42(2)8-19-51)59-35-58-60(34-57(59)73-61(75)36-67(88-73)65-30-29-64(86-65)56-26-15-49(32-46(39-79)40-80)70-72(56)84-90-82-70)76(52-20-9-43(3)10-21-52,53-22-11-44(4)12-23-53)68-54-24-13-47(33-66(54)87-74(58)68)62-27-28-63(85-62)55-25-14-48(31-45(37-77)38-78)69-71(55)83-89-81-69/h5-36H,1-4H3. The predicted molar refractivity (Wildman–Crippen MR) is 371 cm³/mol. The summed E-state index contributed by atoms with van der Waals surface area (Å²) in [5.74, 6) is 0. The lowest BCUT2D eigenvalue weighted by atomic mass is 9.65. The molecular formula is C76H44N8S6. The summed E-state index contributed by atoms with van der Waals surface area (Å²) in [6.45, 7) is 8.67. The summed E-state index contributed by atoms with van der Waals surface area (Å²) >= 11 is 9.48. The van der Waals surface area contributed by atoms with Crippen molar-refractivity contribution in [1.29, 1.82) is 21.0 Å². The third kappa shape index (κ3) is 8.35. The number of nitrogens with zero attached hydrogens (tertiary/aromatic N) is 8. The molecule has 0 aliphatic heterocycles.